The molecule has 0 radical (unpaired) electrons. The molecule has 0 unspecified atom stereocenters. The molecule has 0 aliphatic carbocycles. The summed E-state index contributed by atoms with van der Waals surface area (Å²) in [6.45, 7) is 7.00. The average Bonchev–Trinajstić information content (AvgIpc) is 2.53. The number of ether oxygens (including phenoxy) is 1. The van der Waals surface area contributed by atoms with Crippen molar-refractivity contribution in [3.63, 3.8) is 0 Å². The Morgan fingerprint density at radius 3 is 2.50 bits per heavy atom. The van der Waals surface area contributed by atoms with Gasteiger partial charge in [-0.1, -0.05) is 0 Å². The molecule has 1 aromatic rings. The molecule has 7 heteroatoms. The summed E-state index contributed by atoms with van der Waals surface area (Å²) < 4.78 is 6.73. The molecule has 1 amide bonds. The van der Waals surface area contributed by atoms with Crippen molar-refractivity contribution in [1.82, 2.24) is 15.1 Å². The maximum Gasteiger partial charge on any atom is 0.408 e. The number of rotatable bonds is 4. The van der Waals surface area contributed by atoms with Crippen LogP contribution in [0, 0.1) is 6.92 Å². The number of alkyl carbamates (subject to hydrolysis) is 1. The molecule has 0 aromatic carbocycles. The highest BCUT2D eigenvalue weighted by atomic mass is 16.6. The molecule has 20 heavy (non-hydrogen) atoms. The number of nitrogens with one attached hydrogen (secondary N) is 1. The number of hydrogen-bond donors (Lipinski definition) is 2. The van der Waals surface area contributed by atoms with Crippen LogP contribution in [-0.2, 0) is 16.6 Å². The third-order valence-electron chi connectivity index (χ3n) is 2.50. The minimum Gasteiger partial charge on any atom is -0.481 e. The molecule has 1 aromatic heterocycles. The molecule has 0 bridgehead atoms. The number of aryl methyl sites for hydroxylation is 2. The number of carbonyl (C=O) groups is 2. The second-order valence-corrected chi connectivity index (χ2v) is 5.64. The van der Waals surface area contributed by atoms with Gasteiger partial charge in [0.05, 0.1) is 18.2 Å². The standard InChI is InChI=1S/C13H21N3O4/c1-8-9(7-16(5)15-8)10(6-11(17)18)14-12(19)20-13(2,3)4/h7,10H,6H2,1-5H3,(H,14,19)(H,17,18)/t10-/m1/s1. The maximum absolute atomic E-state index is 11.8. The van der Waals surface area contributed by atoms with Gasteiger partial charge < -0.3 is 15.2 Å². The number of carboxylic acid groups (broad SMARTS) is 1. The number of amides is 1. The van der Waals surface area contributed by atoms with E-state index in [1.54, 1.807) is 45.6 Å². The highest BCUT2D eigenvalue weighted by molar-refractivity contribution is 5.72. The highest BCUT2D eigenvalue weighted by Crippen LogP contribution is 2.20. The van der Waals surface area contributed by atoms with E-state index in [2.05, 4.69) is 10.4 Å². The van der Waals surface area contributed by atoms with Crippen molar-refractivity contribution in [1.29, 1.82) is 0 Å². The lowest BCUT2D eigenvalue weighted by Crippen LogP contribution is -2.35. The van der Waals surface area contributed by atoms with E-state index in [1.165, 1.54) is 0 Å². The summed E-state index contributed by atoms with van der Waals surface area (Å²) in [5, 5.41) is 15.7. The monoisotopic (exact) mass is 283 g/mol. The lowest BCUT2D eigenvalue weighted by Gasteiger charge is -2.22. The van der Waals surface area contributed by atoms with E-state index in [-0.39, 0.29) is 6.42 Å². The molecule has 1 atom stereocenters. The SMILES string of the molecule is Cc1nn(C)cc1[C@@H](CC(=O)O)NC(=O)OC(C)(C)C. The molecule has 0 fully saturated rings. The Bertz CT molecular complexity index is 502. The smallest absolute Gasteiger partial charge is 0.408 e. The van der Waals surface area contributed by atoms with Gasteiger partial charge in [-0.05, 0) is 27.7 Å². The predicted octanol–water partition coefficient (Wildman–Crippen LogP) is 1.77. The van der Waals surface area contributed by atoms with Crippen LogP contribution in [0.25, 0.3) is 0 Å². The first kappa shape index (κ1) is 16.0. The number of carbonyl (C=O) groups excluding carboxylic acids is 1. The van der Waals surface area contributed by atoms with Crippen LogP contribution >= 0.6 is 0 Å². The normalized spacial score (nSPS) is 12.8. The average molecular weight is 283 g/mol. The Morgan fingerprint density at radius 2 is 2.10 bits per heavy atom. The molecular weight excluding hydrogens is 262 g/mol. The molecule has 0 saturated heterocycles. The van der Waals surface area contributed by atoms with E-state index < -0.39 is 23.7 Å². The first-order valence-corrected chi connectivity index (χ1v) is 6.30. The molecule has 1 rings (SSSR count). The third kappa shape index (κ3) is 4.91. The lowest BCUT2D eigenvalue weighted by atomic mass is 10.1. The van der Waals surface area contributed by atoms with Crippen molar-refractivity contribution in [3.05, 3.63) is 17.5 Å². The lowest BCUT2D eigenvalue weighted by molar-refractivity contribution is -0.137. The van der Waals surface area contributed by atoms with Crippen LogP contribution < -0.4 is 5.32 Å². The zero-order valence-electron chi connectivity index (χ0n) is 12.4. The van der Waals surface area contributed by atoms with Crippen LogP contribution in [-0.4, -0.2) is 32.6 Å². The summed E-state index contributed by atoms with van der Waals surface area (Å²) >= 11 is 0. The van der Waals surface area contributed by atoms with Gasteiger partial charge in [-0.3, -0.25) is 9.48 Å². The van der Waals surface area contributed by atoms with E-state index in [9.17, 15) is 9.59 Å². The zero-order chi connectivity index (χ0) is 15.5. The Morgan fingerprint density at radius 1 is 1.50 bits per heavy atom. The van der Waals surface area contributed by atoms with Crippen LogP contribution in [0.4, 0.5) is 4.79 Å². The minimum atomic E-state index is -1.01. The van der Waals surface area contributed by atoms with Gasteiger partial charge in [-0.2, -0.15) is 5.10 Å². The van der Waals surface area contributed by atoms with Gasteiger partial charge in [-0.15, -0.1) is 0 Å². The number of hydrogen-bond acceptors (Lipinski definition) is 4. The zero-order valence-corrected chi connectivity index (χ0v) is 12.4. The van der Waals surface area contributed by atoms with Crippen molar-refractivity contribution >= 4 is 12.1 Å². The fourth-order valence-electron chi connectivity index (χ4n) is 1.82. The van der Waals surface area contributed by atoms with Gasteiger partial charge in [0.15, 0.2) is 0 Å². The Labute approximate surface area is 117 Å². The van der Waals surface area contributed by atoms with Crippen LogP contribution in [0.2, 0.25) is 0 Å². The summed E-state index contributed by atoms with van der Waals surface area (Å²) in [6.07, 6.45) is 0.818. The topological polar surface area (TPSA) is 93.5 Å². The first-order valence-electron chi connectivity index (χ1n) is 6.30. The third-order valence-corrected chi connectivity index (χ3v) is 2.50. The van der Waals surface area contributed by atoms with Crippen molar-refractivity contribution < 1.29 is 19.4 Å². The Hall–Kier alpha value is -2.05. The fraction of sp³-hybridized carbons (Fsp3) is 0.615. The molecule has 0 aliphatic heterocycles. The predicted molar refractivity (Wildman–Crippen MR) is 72.3 cm³/mol. The highest BCUT2D eigenvalue weighted by Gasteiger charge is 2.24. The van der Waals surface area contributed by atoms with E-state index >= 15 is 0 Å². The van der Waals surface area contributed by atoms with Gasteiger partial charge in [0.25, 0.3) is 0 Å². The molecule has 0 aliphatic rings. The molecule has 0 spiro atoms. The van der Waals surface area contributed by atoms with E-state index in [4.69, 9.17) is 9.84 Å². The molecule has 2 N–H and O–H groups in total. The molecule has 1 heterocycles. The van der Waals surface area contributed by atoms with Gasteiger partial charge in [0.1, 0.15) is 5.60 Å². The van der Waals surface area contributed by atoms with Crippen LogP contribution in [0.1, 0.15) is 44.5 Å². The van der Waals surface area contributed by atoms with Crippen LogP contribution in [0.5, 0.6) is 0 Å². The van der Waals surface area contributed by atoms with Crippen molar-refractivity contribution in [2.24, 2.45) is 7.05 Å². The number of aromatic nitrogens is 2. The second kappa shape index (κ2) is 5.94. The molecule has 7 nitrogen and oxygen atoms in total. The largest absolute Gasteiger partial charge is 0.481 e. The van der Waals surface area contributed by atoms with Gasteiger partial charge in [0.2, 0.25) is 0 Å². The van der Waals surface area contributed by atoms with Gasteiger partial charge in [-0.25, -0.2) is 4.79 Å². The summed E-state index contributed by atoms with van der Waals surface area (Å²) in [5.74, 6) is -1.01. The van der Waals surface area contributed by atoms with Gasteiger partial charge in [0, 0.05) is 18.8 Å². The fourth-order valence-corrected chi connectivity index (χ4v) is 1.82. The summed E-state index contributed by atoms with van der Waals surface area (Å²) in [5.41, 5.74) is 0.706. The molecule has 112 valence electrons. The van der Waals surface area contributed by atoms with E-state index in [0.717, 1.165) is 0 Å². The van der Waals surface area contributed by atoms with Crippen molar-refractivity contribution in [3.8, 4) is 0 Å². The maximum atomic E-state index is 11.8. The van der Waals surface area contributed by atoms with E-state index in [1.807, 2.05) is 0 Å². The van der Waals surface area contributed by atoms with Crippen LogP contribution in [0.3, 0.4) is 0 Å². The van der Waals surface area contributed by atoms with Crippen LogP contribution in [0.15, 0.2) is 6.20 Å². The molecule has 0 saturated carbocycles. The van der Waals surface area contributed by atoms with E-state index in [0.29, 0.717) is 11.3 Å². The molecular formula is C13H21N3O4. The summed E-state index contributed by atoms with van der Waals surface area (Å²) in [4.78, 5) is 22.7. The summed E-state index contributed by atoms with van der Waals surface area (Å²) in [6, 6.07) is -0.670. The van der Waals surface area contributed by atoms with Crippen molar-refractivity contribution in [2.75, 3.05) is 0 Å². The number of aliphatic carboxylic acids is 1. The quantitative estimate of drug-likeness (QED) is 0.878. The first-order chi connectivity index (χ1) is 9.08. The number of carboxylic acids is 1. The number of nitrogens with zero attached hydrogens (tertiary/aromatic N) is 2. The van der Waals surface area contributed by atoms with Gasteiger partial charge >= 0.3 is 12.1 Å². The Kier molecular flexibility index (Phi) is 4.75. The second-order valence-electron chi connectivity index (χ2n) is 5.64. The summed E-state index contributed by atoms with van der Waals surface area (Å²) in [7, 11) is 1.74. The Balaban J connectivity index is 2.88. The minimum absolute atomic E-state index is 0.230. The van der Waals surface area contributed by atoms with Crippen molar-refractivity contribution in [2.45, 2.75) is 45.8 Å².